The Morgan fingerprint density at radius 2 is 2.28 bits per heavy atom. The van der Waals surface area contributed by atoms with Crippen molar-refractivity contribution in [2.24, 2.45) is 0 Å². The summed E-state index contributed by atoms with van der Waals surface area (Å²) in [7, 11) is 0. The van der Waals surface area contributed by atoms with Gasteiger partial charge in [-0.3, -0.25) is 14.9 Å². The summed E-state index contributed by atoms with van der Waals surface area (Å²) < 4.78 is 18.8. The predicted octanol–water partition coefficient (Wildman–Crippen LogP) is 1.41. The van der Waals surface area contributed by atoms with E-state index in [1.807, 2.05) is 0 Å². The minimum Gasteiger partial charge on any atom is -0.481 e. The van der Waals surface area contributed by atoms with Crippen LogP contribution in [0.1, 0.15) is 12.0 Å². The Labute approximate surface area is 101 Å². The molecule has 0 atom stereocenters. The van der Waals surface area contributed by atoms with Crippen molar-refractivity contribution in [1.29, 1.82) is 0 Å². The second kappa shape index (κ2) is 3.66. The van der Waals surface area contributed by atoms with E-state index in [0.29, 0.717) is 25.1 Å². The Morgan fingerprint density at radius 1 is 1.50 bits per heavy atom. The van der Waals surface area contributed by atoms with Crippen LogP contribution in [-0.2, 0) is 11.2 Å². The lowest BCUT2D eigenvalue weighted by molar-refractivity contribution is -0.388. The van der Waals surface area contributed by atoms with Gasteiger partial charge in [0.25, 0.3) is 5.91 Å². The first kappa shape index (κ1) is 10.9. The Bertz CT molecular complexity index is 573. The molecule has 0 aliphatic carbocycles. The summed E-state index contributed by atoms with van der Waals surface area (Å²) in [6.07, 6.45) is 0.964. The molecule has 0 aromatic heterocycles. The molecule has 3 rings (SSSR count). The number of carbonyl (C=O) groups is 1. The number of carbonyl (C=O) groups excluding carboxylic acids is 1. The van der Waals surface area contributed by atoms with Crippen LogP contribution in [0.2, 0.25) is 0 Å². The number of nitrogens with zero attached hydrogens (tertiary/aromatic N) is 2. The van der Waals surface area contributed by atoms with Gasteiger partial charge in [-0.25, -0.2) is 0 Å². The van der Waals surface area contributed by atoms with Gasteiger partial charge in [0.15, 0.2) is 6.61 Å². The highest BCUT2D eigenvalue weighted by Gasteiger charge is 2.37. The van der Waals surface area contributed by atoms with Gasteiger partial charge < -0.3 is 9.64 Å². The van der Waals surface area contributed by atoms with Gasteiger partial charge in [0.05, 0.1) is 16.2 Å². The van der Waals surface area contributed by atoms with E-state index in [9.17, 15) is 19.3 Å². The van der Waals surface area contributed by atoms with Gasteiger partial charge in [-0.05, 0) is 12.8 Å². The summed E-state index contributed by atoms with van der Waals surface area (Å²) in [5.41, 5.74) is 0.0802. The van der Waals surface area contributed by atoms with E-state index >= 15 is 0 Å². The maximum Gasteiger partial charge on any atom is 0.310 e. The second-order valence-electron chi connectivity index (χ2n) is 4.23. The Hall–Kier alpha value is -2.18. The van der Waals surface area contributed by atoms with Crippen molar-refractivity contribution >= 4 is 17.3 Å². The van der Waals surface area contributed by atoms with Crippen LogP contribution in [0, 0.1) is 15.9 Å². The predicted molar refractivity (Wildman–Crippen MR) is 59.2 cm³/mol. The maximum atomic E-state index is 13.7. The summed E-state index contributed by atoms with van der Waals surface area (Å²) in [5, 5.41) is 10.9. The number of halogens is 1. The third-order valence-electron chi connectivity index (χ3n) is 3.20. The molecule has 18 heavy (non-hydrogen) atoms. The SMILES string of the molecule is O=C1COc2cc(F)c([N+](=O)[O-])c3c2N1CCC3. The van der Waals surface area contributed by atoms with Crippen LogP contribution in [0.4, 0.5) is 15.8 Å². The number of anilines is 1. The van der Waals surface area contributed by atoms with Crippen LogP contribution in [0.15, 0.2) is 6.07 Å². The molecule has 0 saturated carbocycles. The number of nitro benzene ring substituents is 1. The molecular weight excluding hydrogens is 243 g/mol. The lowest BCUT2D eigenvalue weighted by Crippen LogP contribution is -2.42. The van der Waals surface area contributed by atoms with Gasteiger partial charge in [-0.2, -0.15) is 4.39 Å². The monoisotopic (exact) mass is 252 g/mol. The van der Waals surface area contributed by atoms with Crippen LogP contribution in [0.5, 0.6) is 5.75 Å². The standard InChI is InChI=1S/C11H9FN2O4/c12-7-4-8-11-6(10(7)14(16)17)2-1-3-13(11)9(15)5-18-8/h4H,1-3,5H2. The molecule has 6 nitrogen and oxygen atoms in total. The summed E-state index contributed by atoms with van der Waals surface area (Å²) in [4.78, 5) is 23.3. The number of benzene rings is 1. The smallest absolute Gasteiger partial charge is 0.310 e. The van der Waals surface area contributed by atoms with Gasteiger partial charge in [-0.15, -0.1) is 0 Å². The highest BCUT2D eigenvalue weighted by Crippen LogP contribution is 2.44. The molecule has 94 valence electrons. The first-order valence-corrected chi connectivity index (χ1v) is 5.52. The van der Waals surface area contributed by atoms with Crippen molar-refractivity contribution in [1.82, 2.24) is 0 Å². The number of nitro groups is 1. The highest BCUT2D eigenvalue weighted by molar-refractivity contribution is 6.00. The fourth-order valence-corrected chi connectivity index (χ4v) is 2.49. The zero-order valence-electron chi connectivity index (χ0n) is 9.31. The summed E-state index contributed by atoms with van der Waals surface area (Å²) in [6.45, 7) is 0.342. The first-order valence-electron chi connectivity index (χ1n) is 5.52. The summed E-state index contributed by atoms with van der Waals surface area (Å²) in [5.74, 6) is -0.943. The molecule has 1 aromatic rings. The topological polar surface area (TPSA) is 72.7 Å². The molecule has 2 aliphatic rings. The van der Waals surface area contributed by atoms with E-state index in [1.165, 1.54) is 4.90 Å². The molecule has 7 heteroatoms. The molecule has 0 spiro atoms. The van der Waals surface area contributed by atoms with Gasteiger partial charge >= 0.3 is 5.69 Å². The van der Waals surface area contributed by atoms with Crippen molar-refractivity contribution < 1.29 is 18.8 Å². The molecule has 0 saturated heterocycles. The molecule has 0 bridgehead atoms. The molecule has 0 radical (unpaired) electrons. The molecule has 0 fully saturated rings. The van der Waals surface area contributed by atoms with E-state index in [-0.39, 0.29) is 23.8 Å². The van der Waals surface area contributed by atoms with Gasteiger partial charge in [0, 0.05) is 12.6 Å². The fourth-order valence-electron chi connectivity index (χ4n) is 2.49. The van der Waals surface area contributed by atoms with Crippen LogP contribution in [-0.4, -0.2) is 24.0 Å². The highest BCUT2D eigenvalue weighted by atomic mass is 19.1. The molecule has 2 heterocycles. The van der Waals surface area contributed by atoms with Crippen molar-refractivity contribution in [3.63, 3.8) is 0 Å². The average molecular weight is 252 g/mol. The van der Waals surface area contributed by atoms with E-state index < -0.39 is 16.4 Å². The molecule has 2 aliphatic heterocycles. The number of ether oxygens (including phenoxy) is 1. The van der Waals surface area contributed by atoms with Crippen LogP contribution < -0.4 is 9.64 Å². The summed E-state index contributed by atoms with van der Waals surface area (Å²) >= 11 is 0. The first-order chi connectivity index (χ1) is 8.59. The van der Waals surface area contributed by atoms with E-state index in [4.69, 9.17) is 4.74 Å². The van der Waals surface area contributed by atoms with Crippen LogP contribution in [0.25, 0.3) is 0 Å². The third-order valence-corrected chi connectivity index (χ3v) is 3.20. The zero-order chi connectivity index (χ0) is 12.9. The van der Waals surface area contributed by atoms with Gasteiger partial charge in [-0.1, -0.05) is 0 Å². The largest absolute Gasteiger partial charge is 0.481 e. The van der Waals surface area contributed by atoms with Gasteiger partial charge in [0.1, 0.15) is 5.75 Å². The molecular formula is C11H9FN2O4. The Morgan fingerprint density at radius 3 is 3.00 bits per heavy atom. The van der Waals surface area contributed by atoms with Crippen molar-refractivity contribution in [2.45, 2.75) is 12.8 Å². The lowest BCUT2D eigenvalue weighted by atomic mass is 9.97. The summed E-state index contributed by atoms with van der Waals surface area (Å²) in [6, 6.07) is 0.988. The number of hydrogen-bond acceptors (Lipinski definition) is 4. The third kappa shape index (κ3) is 1.36. The fraction of sp³-hybridized carbons (Fsp3) is 0.364. The number of amides is 1. The lowest BCUT2D eigenvalue weighted by Gasteiger charge is -2.34. The molecule has 0 N–H and O–H groups in total. The van der Waals surface area contributed by atoms with E-state index in [1.54, 1.807) is 0 Å². The number of hydrogen-bond donors (Lipinski definition) is 0. The van der Waals surface area contributed by atoms with Crippen LogP contribution >= 0.6 is 0 Å². The Balaban J connectivity index is 2.30. The number of rotatable bonds is 1. The second-order valence-corrected chi connectivity index (χ2v) is 4.23. The van der Waals surface area contributed by atoms with E-state index in [0.717, 1.165) is 6.07 Å². The minimum absolute atomic E-state index is 0.149. The van der Waals surface area contributed by atoms with E-state index in [2.05, 4.69) is 0 Å². The molecule has 1 amide bonds. The minimum atomic E-state index is -0.912. The normalized spacial score (nSPS) is 17.2. The van der Waals surface area contributed by atoms with Crippen molar-refractivity contribution in [3.05, 3.63) is 27.6 Å². The molecule has 1 aromatic carbocycles. The van der Waals surface area contributed by atoms with Crippen molar-refractivity contribution in [2.75, 3.05) is 18.1 Å². The maximum absolute atomic E-state index is 13.7. The Kier molecular flexibility index (Phi) is 2.22. The van der Waals surface area contributed by atoms with Crippen LogP contribution in [0.3, 0.4) is 0 Å². The quantitative estimate of drug-likeness (QED) is 0.559. The molecule has 0 unspecified atom stereocenters. The van der Waals surface area contributed by atoms with Gasteiger partial charge in [0.2, 0.25) is 5.82 Å². The van der Waals surface area contributed by atoms with Crippen molar-refractivity contribution in [3.8, 4) is 5.75 Å². The average Bonchev–Trinajstić information content (AvgIpc) is 2.33. The zero-order valence-corrected chi connectivity index (χ0v) is 9.31.